The zero-order chi connectivity index (χ0) is 6.43. The molecule has 0 aromatic heterocycles. The summed E-state index contributed by atoms with van der Waals surface area (Å²) in [5.41, 5.74) is 0. The molecule has 0 saturated carbocycles. The Hall–Kier alpha value is -0.160. The number of rotatable bonds is 1. The highest BCUT2D eigenvalue weighted by Gasteiger charge is 2.57. The van der Waals surface area contributed by atoms with Crippen LogP contribution in [0.5, 0.6) is 0 Å². The highest BCUT2D eigenvalue weighted by atomic mass is 16.7. The van der Waals surface area contributed by atoms with Crippen molar-refractivity contribution in [3.63, 3.8) is 0 Å². The lowest BCUT2D eigenvalue weighted by molar-refractivity contribution is -0.149. The lowest BCUT2D eigenvalue weighted by Crippen LogP contribution is -2.22. The van der Waals surface area contributed by atoms with Crippen LogP contribution >= 0.6 is 0 Å². The smallest absolute Gasteiger partial charge is 0.184 e. The number of epoxide rings is 1. The van der Waals surface area contributed by atoms with Gasteiger partial charge < -0.3 is 19.7 Å². The Balaban J connectivity index is 2.00. The molecular weight excluding hydrogens is 124 g/mol. The second kappa shape index (κ2) is 1.67. The van der Waals surface area contributed by atoms with E-state index in [9.17, 15) is 0 Å². The molecule has 2 N–H and O–H groups in total. The third kappa shape index (κ3) is 0.679. The predicted molar refractivity (Wildman–Crippen MR) is 26.6 cm³/mol. The van der Waals surface area contributed by atoms with Crippen molar-refractivity contribution in [3.8, 4) is 0 Å². The van der Waals surface area contributed by atoms with Crippen molar-refractivity contribution >= 4 is 0 Å². The number of aliphatic hydroxyl groups excluding tert-OH is 2. The molecule has 0 radical (unpaired) electrons. The molecule has 52 valence electrons. The van der Waals surface area contributed by atoms with Crippen LogP contribution in [0.3, 0.4) is 0 Å². The topological polar surface area (TPSA) is 62.2 Å². The van der Waals surface area contributed by atoms with E-state index < -0.39 is 6.29 Å². The van der Waals surface area contributed by atoms with E-state index in [4.69, 9.17) is 19.7 Å². The summed E-state index contributed by atoms with van der Waals surface area (Å²) in [4.78, 5) is 0. The maximum absolute atomic E-state index is 8.88. The van der Waals surface area contributed by atoms with Gasteiger partial charge >= 0.3 is 0 Å². The van der Waals surface area contributed by atoms with Crippen molar-refractivity contribution in [3.05, 3.63) is 0 Å². The molecule has 4 atom stereocenters. The fourth-order valence-electron chi connectivity index (χ4n) is 1.15. The minimum atomic E-state index is -0.813. The Morgan fingerprint density at radius 1 is 1.22 bits per heavy atom. The van der Waals surface area contributed by atoms with Crippen LogP contribution in [-0.2, 0) is 9.47 Å². The van der Waals surface area contributed by atoms with E-state index in [2.05, 4.69) is 0 Å². The quantitative estimate of drug-likeness (QED) is 0.424. The molecule has 0 spiro atoms. The molecule has 4 heteroatoms. The van der Waals surface area contributed by atoms with Crippen molar-refractivity contribution in [2.24, 2.45) is 0 Å². The van der Waals surface area contributed by atoms with Crippen molar-refractivity contribution < 1.29 is 19.7 Å². The van der Waals surface area contributed by atoms with Crippen LogP contribution < -0.4 is 0 Å². The standard InChI is InChI=1S/C5H8O4/c6-1-2-3-4(9-3)5(7)8-2/h2-7H,1H2/t2-,3+,4+,5?/m1/s1. The van der Waals surface area contributed by atoms with Crippen LogP contribution in [0, 0.1) is 0 Å². The summed E-state index contributed by atoms with van der Waals surface area (Å²) in [6, 6.07) is 0. The Labute approximate surface area is 52.0 Å². The van der Waals surface area contributed by atoms with Crippen molar-refractivity contribution in [1.82, 2.24) is 0 Å². The van der Waals surface area contributed by atoms with E-state index in [-0.39, 0.29) is 24.9 Å². The van der Waals surface area contributed by atoms with Gasteiger partial charge in [-0.1, -0.05) is 0 Å². The van der Waals surface area contributed by atoms with Crippen LogP contribution in [0.1, 0.15) is 0 Å². The third-order valence-electron chi connectivity index (χ3n) is 1.70. The highest BCUT2D eigenvalue weighted by Crippen LogP contribution is 2.37. The number of hydrogen-bond acceptors (Lipinski definition) is 4. The van der Waals surface area contributed by atoms with Crippen LogP contribution in [0.2, 0.25) is 0 Å². The van der Waals surface area contributed by atoms with Crippen molar-refractivity contribution in [2.45, 2.75) is 24.6 Å². The number of ether oxygens (including phenoxy) is 2. The van der Waals surface area contributed by atoms with Gasteiger partial charge in [0, 0.05) is 0 Å². The maximum Gasteiger partial charge on any atom is 0.184 e. The van der Waals surface area contributed by atoms with Gasteiger partial charge in [0.15, 0.2) is 6.29 Å². The molecule has 0 amide bonds. The Kier molecular flexibility index (Phi) is 1.04. The van der Waals surface area contributed by atoms with Gasteiger partial charge in [0.1, 0.15) is 18.3 Å². The largest absolute Gasteiger partial charge is 0.394 e. The lowest BCUT2D eigenvalue weighted by atomic mass is 10.2. The first-order valence-electron chi connectivity index (χ1n) is 2.93. The minimum Gasteiger partial charge on any atom is -0.394 e. The fourth-order valence-corrected chi connectivity index (χ4v) is 1.15. The Bertz CT molecular complexity index is 126. The third-order valence-corrected chi connectivity index (χ3v) is 1.70. The number of aliphatic hydroxyl groups is 2. The Morgan fingerprint density at radius 3 is 2.22 bits per heavy atom. The van der Waals surface area contributed by atoms with Crippen LogP contribution in [0.25, 0.3) is 0 Å². The van der Waals surface area contributed by atoms with Crippen LogP contribution in [-0.4, -0.2) is 41.4 Å². The average molecular weight is 132 g/mol. The van der Waals surface area contributed by atoms with E-state index >= 15 is 0 Å². The first kappa shape index (κ1) is 5.61. The van der Waals surface area contributed by atoms with E-state index in [1.165, 1.54) is 0 Å². The lowest BCUT2D eigenvalue weighted by Gasteiger charge is -2.09. The van der Waals surface area contributed by atoms with Gasteiger partial charge in [0.2, 0.25) is 0 Å². The highest BCUT2D eigenvalue weighted by molar-refractivity contribution is 4.99. The molecule has 0 aromatic carbocycles. The summed E-state index contributed by atoms with van der Waals surface area (Å²) in [5.74, 6) is 0. The Morgan fingerprint density at radius 2 is 2.00 bits per heavy atom. The van der Waals surface area contributed by atoms with Crippen LogP contribution in [0.15, 0.2) is 0 Å². The number of fused-ring (bicyclic) bond motifs is 1. The normalized spacial score (nSPS) is 55.3. The molecule has 0 bridgehead atoms. The van der Waals surface area contributed by atoms with Gasteiger partial charge in [-0.15, -0.1) is 0 Å². The molecule has 0 aliphatic carbocycles. The van der Waals surface area contributed by atoms with Crippen molar-refractivity contribution in [2.75, 3.05) is 6.61 Å². The molecule has 1 unspecified atom stereocenters. The van der Waals surface area contributed by atoms with E-state index in [0.29, 0.717) is 0 Å². The molecule has 2 aliphatic rings. The van der Waals surface area contributed by atoms with Crippen molar-refractivity contribution in [1.29, 1.82) is 0 Å². The van der Waals surface area contributed by atoms with Crippen LogP contribution in [0.4, 0.5) is 0 Å². The van der Waals surface area contributed by atoms with Gasteiger partial charge in [-0.05, 0) is 0 Å². The fraction of sp³-hybridized carbons (Fsp3) is 1.00. The second-order valence-corrected chi connectivity index (χ2v) is 2.31. The number of hydrogen-bond donors (Lipinski definition) is 2. The van der Waals surface area contributed by atoms with Gasteiger partial charge in [0.25, 0.3) is 0 Å². The van der Waals surface area contributed by atoms with E-state index in [1.54, 1.807) is 0 Å². The first-order chi connectivity index (χ1) is 4.33. The molecule has 4 nitrogen and oxygen atoms in total. The summed E-state index contributed by atoms with van der Waals surface area (Å²) in [6.07, 6.45) is -1.33. The van der Waals surface area contributed by atoms with Gasteiger partial charge in [-0.3, -0.25) is 0 Å². The van der Waals surface area contributed by atoms with Gasteiger partial charge in [0.05, 0.1) is 6.61 Å². The summed E-state index contributed by atoms with van der Waals surface area (Å²) >= 11 is 0. The summed E-state index contributed by atoms with van der Waals surface area (Å²) < 4.78 is 9.79. The van der Waals surface area contributed by atoms with Gasteiger partial charge in [-0.25, -0.2) is 0 Å². The summed E-state index contributed by atoms with van der Waals surface area (Å²) in [6.45, 7) is -0.0712. The molecule has 9 heavy (non-hydrogen) atoms. The SMILES string of the molecule is OC[C@H]1OC(O)[C@H]2O[C@H]21. The molecule has 0 aromatic rings. The molecule has 2 fully saturated rings. The van der Waals surface area contributed by atoms with E-state index in [0.717, 1.165) is 0 Å². The van der Waals surface area contributed by atoms with E-state index in [1.807, 2.05) is 0 Å². The minimum absolute atomic E-state index is 0.0509. The van der Waals surface area contributed by atoms with Gasteiger partial charge in [-0.2, -0.15) is 0 Å². The molecular formula is C5H8O4. The molecule has 2 saturated heterocycles. The summed E-state index contributed by atoms with van der Waals surface area (Å²) in [7, 11) is 0. The molecule has 2 aliphatic heterocycles. The first-order valence-corrected chi connectivity index (χ1v) is 2.93. The second-order valence-electron chi connectivity index (χ2n) is 2.31. The zero-order valence-electron chi connectivity index (χ0n) is 4.73. The monoisotopic (exact) mass is 132 g/mol. The average Bonchev–Trinajstić information content (AvgIpc) is 2.56. The predicted octanol–water partition coefficient (Wildman–Crippen LogP) is -1.54. The molecule has 2 heterocycles. The zero-order valence-corrected chi connectivity index (χ0v) is 4.73. The molecule has 2 rings (SSSR count). The maximum atomic E-state index is 8.88. The summed E-state index contributed by atoms with van der Waals surface area (Å²) in [5, 5.41) is 17.4.